The number of amides is 1. The Balaban J connectivity index is 1.88. The van der Waals surface area contributed by atoms with E-state index in [4.69, 9.17) is 16.3 Å². The first-order valence-corrected chi connectivity index (χ1v) is 7.49. The second kappa shape index (κ2) is 7.57. The fourth-order valence-electron chi connectivity index (χ4n) is 2.08. The van der Waals surface area contributed by atoms with E-state index in [0.29, 0.717) is 5.02 Å². The number of rotatable bonds is 5. The second-order valence-corrected chi connectivity index (χ2v) is 5.53. The Morgan fingerprint density at radius 1 is 1.17 bits per heavy atom. The molecule has 0 unspecified atom stereocenters. The summed E-state index contributed by atoms with van der Waals surface area (Å²) < 4.78 is 42.6. The minimum atomic E-state index is -4.40. The van der Waals surface area contributed by atoms with Gasteiger partial charge in [0, 0.05) is 5.02 Å². The molecule has 0 aromatic heterocycles. The first-order chi connectivity index (χ1) is 11.3. The Morgan fingerprint density at radius 2 is 1.79 bits per heavy atom. The van der Waals surface area contributed by atoms with Gasteiger partial charge in [0.2, 0.25) is 0 Å². The van der Waals surface area contributed by atoms with Gasteiger partial charge in [-0.1, -0.05) is 29.8 Å². The molecule has 7 heteroatoms. The van der Waals surface area contributed by atoms with Crippen molar-refractivity contribution < 1.29 is 22.7 Å². The van der Waals surface area contributed by atoms with Crippen molar-refractivity contribution in [1.82, 2.24) is 5.32 Å². The molecule has 1 amide bonds. The maximum Gasteiger partial charge on any atom is 0.416 e. The molecule has 0 saturated carbocycles. The first-order valence-electron chi connectivity index (χ1n) is 7.11. The number of alkyl halides is 3. The van der Waals surface area contributed by atoms with Crippen LogP contribution < -0.4 is 10.1 Å². The number of carbonyl (C=O) groups is 1. The van der Waals surface area contributed by atoms with Gasteiger partial charge in [-0.15, -0.1) is 0 Å². The predicted molar refractivity (Wildman–Crippen MR) is 84.9 cm³/mol. The topological polar surface area (TPSA) is 38.3 Å². The zero-order chi connectivity index (χ0) is 17.7. The zero-order valence-electron chi connectivity index (χ0n) is 12.7. The summed E-state index contributed by atoms with van der Waals surface area (Å²) in [6, 6.07) is 10.9. The molecule has 3 nitrogen and oxygen atoms in total. The summed E-state index contributed by atoms with van der Waals surface area (Å²) in [6.45, 7) is 1.47. The largest absolute Gasteiger partial charge is 0.484 e. The number of benzene rings is 2. The van der Waals surface area contributed by atoms with Gasteiger partial charge in [0.05, 0.1) is 11.6 Å². The normalized spacial score (nSPS) is 12.5. The van der Waals surface area contributed by atoms with E-state index in [-0.39, 0.29) is 18.4 Å². The van der Waals surface area contributed by atoms with E-state index in [1.165, 1.54) is 12.1 Å². The lowest BCUT2D eigenvalue weighted by molar-refractivity contribution is -0.137. The maximum atomic E-state index is 12.5. The van der Waals surface area contributed by atoms with Crippen LogP contribution in [0, 0.1) is 0 Å². The molecule has 128 valence electrons. The fourth-order valence-corrected chi connectivity index (χ4v) is 2.38. The van der Waals surface area contributed by atoms with Gasteiger partial charge < -0.3 is 10.1 Å². The Hall–Kier alpha value is -2.21. The number of ether oxygens (including phenoxy) is 1. The summed E-state index contributed by atoms with van der Waals surface area (Å²) in [5.41, 5.74) is -0.00584. The van der Waals surface area contributed by atoms with E-state index < -0.39 is 17.6 Å². The van der Waals surface area contributed by atoms with Gasteiger partial charge in [-0.25, -0.2) is 0 Å². The van der Waals surface area contributed by atoms with Gasteiger partial charge >= 0.3 is 6.18 Å². The van der Waals surface area contributed by atoms with E-state index in [1.54, 1.807) is 25.1 Å². The summed E-state index contributed by atoms with van der Waals surface area (Å²) >= 11 is 6.05. The number of hydrogen-bond donors (Lipinski definition) is 1. The highest BCUT2D eigenvalue weighted by Crippen LogP contribution is 2.30. The lowest BCUT2D eigenvalue weighted by atomic mass is 10.1. The number of carbonyl (C=O) groups excluding carboxylic acids is 1. The Labute approximate surface area is 142 Å². The molecule has 0 saturated heterocycles. The third kappa shape index (κ3) is 4.89. The van der Waals surface area contributed by atoms with Crippen LogP contribution in [0.2, 0.25) is 5.02 Å². The van der Waals surface area contributed by atoms with Gasteiger partial charge in [-0.05, 0) is 42.8 Å². The maximum absolute atomic E-state index is 12.5. The van der Waals surface area contributed by atoms with Crippen LogP contribution in [0.1, 0.15) is 24.1 Å². The van der Waals surface area contributed by atoms with Gasteiger partial charge in [0.25, 0.3) is 5.91 Å². The van der Waals surface area contributed by atoms with E-state index in [9.17, 15) is 18.0 Å². The van der Waals surface area contributed by atoms with E-state index in [0.717, 1.165) is 17.7 Å². The average molecular weight is 358 g/mol. The van der Waals surface area contributed by atoms with E-state index in [1.807, 2.05) is 6.07 Å². The standard InChI is InChI=1S/C17H15ClF3NO2/c1-11(14-4-2-3-5-15(14)18)22-16(23)10-24-13-8-6-12(7-9-13)17(19,20)21/h2-9,11H,10H2,1H3,(H,22,23)/t11-/m0/s1. The van der Waals surface area contributed by atoms with Crippen LogP contribution in [0.4, 0.5) is 13.2 Å². The highest BCUT2D eigenvalue weighted by atomic mass is 35.5. The van der Waals surface area contributed by atoms with Crippen molar-refractivity contribution in [3.63, 3.8) is 0 Å². The van der Waals surface area contributed by atoms with Crippen LogP contribution in [0.5, 0.6) is 5.75 Å². The van der Waals surface area contributed by atoms with Gasteiger partial charge in [-0.3, -0.25) is 4.79 Å². The molecule has 1 atom stereocenters. The molecule has 0 heterocycles. The summed E-state index contributed by atoms with van der Waals surface area (Å²) in [6.07, 6.45) is -4.40. The molecule has 24 heavy (non-hydrogen) atoms. The predicted octanol–water partition coefficient (Wildman–Crippen LogP) is 4.62. The number of halogens is 4. The second-order valence-electron chi connectivity index (χ2n) is 5.12. The molecule has 1 N–H and O–H groups in total. The van der Waals surface area contributed by atoms with E-state index in [2.05, 4.69) is 5.32 Å². The summed E-state index contributed by atoms with van der Waals surface area (Å²) in [5.74, 6) is -0.217. The van der Waals surface area contributed by atoms with Crippen LogP contribution in [0.25, 0.3) is 0 Å². The molecule has 2 aromatic rings. The van der Waals surface area contributed by atoms with Crippen LogP contribution in [-0.2, 0) is 11.0 Å². The third-order valence-electron chi connectivity index (χ3n) is 3.30. The van der Waals surface area contributed by atoms with E-state index >= 15 is 0 Å². The third-order valence-corrected chi connectivity index (χ3v) is 3.65. The minimum Gasteiger partial charge on any atom is -0.484 e. The minimum absolute atomic E-state index is 0.184. The molecule has 0 fully saturated rings. The van der Waals surface area contributed by atoms with Gasteiger partial charge in [0.15, 0.2) is 6.61 Å². The quantitative estimate of drug-likeness (QED) is 0.848. The van der Waals surface area contributed by atoms with Gasteiger partial charge in [-0.2, -0.15) is 13.2 Å². The molecule has 2 rings (SSSR count). The van der Waals surface area contributed by atoms with Crippen LogP contribution in [0.3, 0.4) is 0 Å². The summed E-state index contributed by atoms with van der Waals surface area (Å²) in [4.78, 5) is 11.9. The summed E-state index contributed by atoms with van der Waals surface area (Å²) in [5, 5.41) is 3.25. The van der Waals surface area contributed by atoms with Gasteiger partial charge in [0.1, 0.15) is 5.75 Å². The monoisotopic (exact) mass is 357 g/mol. The highest BCUT2D eigenvalue weighted by molar-refractivity contribution is 6.31. The zero-order valence-corrected chi connectivity index (χ0v) is 13.5. The van der Waals surface area contributed by atoms with Crippen molar-refractivity contribution in [2.24, 2.45) is 0 Å². The Morgan fingerprint density at radius 3 is 2.38 bits per heavy atom. The lowest BCUT2D eigenvalue weighted by Crippen LogP contribution is -2.31. The van der Waals surface area contributed by atoms with Crippen molar-refractivity contribution in [2.75, 3.05) is 6.61 Å². The van der Waals surface area contributed by atoms with Crippen LogP contribution in [0.15, 0.2) is 48.5 Å². The molecule has 0 aliphatic heterocycles. The Kier molecular flexibility index (Phi) is 5.72. The molecule has 0 aliphatic rings. The molecule has 0 spiro atoms. The van der Waals surface area contributed by atoms with Crippen molar-refractivity contribution in [2.45, 2.75) is 19.1 Å². The molecular weight excluding hydrogens is 343 g/mol. The smallest absolute Gasteiger partial charge is 0.416 e. The first kappa shape index (κ1) is 18.1. The Bertz CT molecular complexity index is 702. The van der Waals surface area contributed by atoms with Crippen molar-refractivity contribution in [3.8, 4) is 5.75 Å². The van der Waals surface area contributed by atoms with Crippen LogP contribution >= 0.6 is 11.6 Å². The van der Waals surface area contributed by atoms with Crippen molar-refractivity contribution in [1.29, 1.82) is 0 Å². The molecular formula is C17H15ClF3NO2. The highest BCUT2D eigenvalue weighted by Gasteiger charge is 2.30. The molecule has 0 radical (unpaired) electrons. The van der Waals surface area contributed by atoms with Crippen molar-refractivity contribution >= 4 is 17.5 Å². The van der Waals surface area contributed by atoms with Crippen molar-refractivity contribution in [3.05, 3.63) is 64.7 Å². The molecule has 0 aliphatic carbocycles. The number of nitrogens with one attached hydrogen (secondary N) is 1. The molecule has 2 aromatic carbocycles. The average Bonchev–Trinajstić information content (AvgIpc) is 2.53. The SMILES string of the molecule is C[C@H](NC(=O)COc1ccc(C(F)(F)F)cc1)c1ccccc1Cl. The number of hydrogen-bond acceptors (Lipinski definition) is 2. The fraction of sp³-hybridized carbons (Fsp3) is 0.235. The van der Waals surface area contributed by atoms with Crippen LogP contribution in [-0.4, -0.2) is 12.5 Å². The summed E-state index contributed by atoms with van der Waals surface area (Å²) in [7, 11) is 0. The molecule has 0 bridgehead atoms. The lowest BCUT2D eigenvalue weighted by Gasteiger charge is -2.16.